The van der Waals surface area contributed by atoms with Crippen LogP contribution in [0, 0.1) is 0 Å². The van der Waals surface area contributed by atoms with Gasteiger partial charge in [0.1, 0.15) is 6.04 Å². The highest BCUT2D eigenvalue weighted by molar-refractivity contribution is 5.73. The highest BCUT2D eigenvalue weighted by Crippen LogP contribution is 2.23. The standard InChI is InChI=1S/C17H20N2O2/c1-19(2)15-9-7-14(8-10-15)13-5-3-12(4-6-13)11-16(18)17(20)21/h3-10,16H,11,18H2,1-2H3,(H,20,21). The zero-order valence-electron chi connectivity index (χ0n) is 12.3. The lowest BCUT2D eigenvalue weighted by atomic mass is 10.0. The van der Waals surface area contributed by atoms with Crippen LogP contribution in [0.1, 0.15) is 5.56 Å². The lowest BCUT2D eigenvalue weighted by Gasteiger charge is -2.13. The summed E-state index contributed by atoms with van der Waals surface area (Å²) in [7, 11) is 4.02. The predicted octanol–water partition coefficient (Wildman–Crippen LogP) is 2.37. The van der Waals surface area contributed by atoms with Gasteiger partial charge in [0.15, 0.2) is 0 Å². The summed E-state index contributed by atoms with van der Waals surface area (Å²) < 4.78 is 0. The smallest absolute Gasteiger partial charge is 0.320 e. The SMILES string of the molecule is CN(C)c1ccc(-c2ccc(CC(N)C(=O)O)cc2)cc1. The fraction of sp³-hybridized carbons (Fsp3) is 0.235. The van der Waals surface area contributed by atoms with Crippen LogP contribution < -0.4 is 10.6 Å². The first-order chi connectivity index (χ1) is 9.97. The highest BCUT2D eigenvalue weighted by Gasteiger charge is 2.11. The van der Waals surface area contributed by atoms with Gasteiger partial charge in [-0.1, -0.05) is 36.4 Å². The van der Waals surface area contributed by atoms with Crippen molar-refractivity contribution in [2.75, 3.05) is 19.0 Å². The molecule has 0 aliphatic heterocycles. The van der Waals surface area contributed by atoms with Gasteiger partial charge >= 0.3 is 5.97 Å². The number of benzene rings is 2. The summed E-state index contributed by atoms with van der Waals surface area (Å²) in [5.74, 6) is -0.974. The van der Waals surface area contributed by atoms with Crippen LogP contribution in [0.2, 0.25) is 0 Å². The molecule has 0 saturated heterocycles. The number of hydrogen-bond donors (Lipinski definition) is 2. The lowest BCUT2D eigenvalue weighted by molar-refractivity contribution is -0.138. The van der Waals surface area contributed by atoms with Crippen LogP contribution in [0.15, 0.2) is 48.5 Å². The van der Waals surface area contributed by atoms with Crippen molar-refractivity contribution >= 4 is 11.7 Å². The van der Waals surface area contributed by atoms with Gasteiger partial charge in [-0.25, -0.2) is 0 Å². The second-order valence-electron chi connectivity index (χ2n) is 5.29. The molecule has 2 aromatic rings. The lowest BCUT2D eigenvalue weighted by Crippen LogP contribution is -2.32. The van der Waals surface area contributed by atoms with Gasteiger partial charge in [-0.2, -0.15) is 0 Å². The van der Waals surface area contributed by atoms with Crippen LogP contribution in [0.25, 0.3) is 11.1 Å². The average Bonchev–Trinajstić information content (AvgIpc) is 2.48. The quantitative estimate of drug-likeness (QED) is 0.884. The molecule has 2 rings (SSSR count). The molecule has 0 aromatic heterocycles. The van der Waals surface area contributed by atoms with Crippen molar-refractivity contribution in [2.45, 2.75) is 12.5 Å². The van der Waals surface area contributed by atoms with Crippen LogP contribution in [-0.2, 0) is 11.2 Å². The van der Waals surface area contributed by atoms with E-state index in [9.17, 15) is 4.79 Å². The van der Waals surface area contributed by atoms with Crippen LogP contribution in [0.4, 0.5) is 5.69 Å². The van der Waals surface area contributed by atoms with E-state index >= 15 is 0 Å². The Balaban J connectivity index is 2.13. The third-order valence-electron chi connectivity index (χ3n) is 3.44. The zero-order chi connectivity index (χ0) is 15.4. The molecule has 0 aliphatic rings. The molecule has 0 fully saturated rings. The van der Waals surface area contributed by atoms with Crippen molar-refractivity contribution in [1.29, 1.82) is 0 Å². The van der Waals surface area contributed by atoms with Gasteiger partial charge in [0, 0.05) is 19.8 Å². The molecule has 110 valence electrons. The van der Waals surface area contributed by atoms with Crippen LogP contribution in [0.5, 0.6) is 0 Å². The monoisotopic (exact) mass is 284 g/mol. The maximum atomic E-state index is 10.7. The van der Waals surface area contributed by atoms with Crippen molar-refractivity contribution in [2.24, 2.45) is 5.73 Å². The number of aliphatic carboxylic acids is 1. The molecule has 1 unspecified atom stereocenters. The number of carbonyl (C=O) groups is 1. The van der Waals surface area contributed by atoms with Crippen molar-refractivity contribution in [3.05, 3.63) is 54.1 Å². The number of carboxylic acids is 1. The molecule has 2 aromatic carbocycles. The summed E-state index contributed by atoms with van der Waals surface area (Å²) >= 11 is 0. The topological polar surface area (TPSA) is 66.6 Å². The summed E-state index contributed by atoms with van der Waals surface area (Å²) in [5.41, 5.74) is 9.86. The summed E-state index contributed by atoms with van der Waals surface area (Å²) in [6, 6.07) is 15.3. The normalized spacial score (nSPS) is 12.0. The number of carboxylic acid groups (broad SMARTS) is 1. The molecule has 0 spiro atoms. The van der Waals surface area contributed by atoms with E-state index in [-0.39, 0.29) is 0 Å². The first kappa shape index (κ1) is 15.1. The Kier molecular flexibility index (Phi) is 4.60. The van der Waals surface area contributed by atoms with Gasteiger partial charge in [0.05, 0.1) is 0 Å². The number of hydrogen-bond acceptors (Lipinski definition) is 3. The van der Waals surface area contributed by atoms with E-state index in [4.69, 9.17) is 10.8 Å². The summed E-state index contributed by atoms with van der Waals surface area (Å²) in [6.07, 6.45) is 0.342. The average molecular weight is 284 g/mol. The molecule has 4 heteroatoms. The number of nitrogens with zero attached hydrogens (tertiary/aromatic N) is 1. The van der Waals surface area contributed by atoms with Crippen LogP contribution in [-0.4, -0.2) is 31.2 Å². The molecule has 0 aliphatic carbocycles. The summed E-state index contributed by atoms with van der Waals surface area (Å²) in [4.78, 5) is 12.8. The van der Waals surface area contributed by atoms with Gasteiger partial charge in [0.25, 0.3) is 0 Å². The minimum Gasteiger partial charge on any atom is -0.480 e. The number of rotatable bonds is 5. The molecule has 0 saturated carbocycles. The van der Waals surface area contributed by atoms with Gasteiger partial charge in [-0.3, -0.25) is 4.79 Å². The third-order valence-corrected chi connectivity index (χ3v) is 3.44. The third kappa shape index (κ3) is 3.83. The van der Waals surface area contributed by atoms with Crippen molar-refractivity contribution in [3.63, 3.8) is 0 Å². The van der Waals surface area contributed by atoms with Crippen LogP contribution >= 0.6 is 0 Å². The first-order valence-corrected chi connectivity index (χ1v) is 6.82. The fourth-order valence-electron chi connectivity index (χ4n) is 2.13. The van der Waals surface area contributed by atoms with Crippen LogP contribution in [0.3, 0.4) is 0 Å². The highest BCUT2D eigenvalue weighted by atomic mass is 16.4. The van der Waals surface area contributed by atoms with Crippen molar-refractivity contribution in [3.8, 4) is 11.1 Å². The second kappa shape index (κ2) is 6.41. The van der Waals surface area contributed by atoms with Crippen molar-refractivity contribution < 1.29 is 9.90 Å². The Morgan fingerprint density at radius 2 is 1.52 bits per heavy atom. The van der Waals surface area contributed by atoms with E-state index in [0.29, 0.717) is 6.42 Å². The predicted molar refractivity (Wildman–Crippen MR) is 85.5 cm³/mol. The molecular weight excluding hydrogens is 264 g/mol. The Morgan fingerprint density at radius 1 is 1.05 bits per heavy atom. The van der Waals surface area contributed by atoms with E-state index in [2.05, 4.69) is 29.2 Å². The molecule has 21 heavy (non-hydrogen) atoms. The molecule has 0 radical (unpaired) electrons. The molecule has 1 atom stereocenters. The minimum absolute atomic E-state index is 0.342. The molecule has 4 nitrogen and oxygen atoms in total. The molecule has 0 bridgehead atoms. The van der Waals surface area contributed by atoms with E-state index in [1.165, 1.54) is 0 Å². The molecule has 0 amide bonds. The van der Waals surface area contributed by atoms with Crippen molar-refractivity contribution in [1.82, 2.24) is 0 Å². The van der Waals surface area contributed by atoms with Gasteiger partial charge in [-0.05, 0) is 35.2 Å². The Morgan fingerprint density at radius 3 is 1.95 bits per heavy atom. The van der Waals surface area contributed by atoms with E-state index < -0.39 is 12.0 Å². The molecule has 0 heterocycles. The van der Waals surface area contributed by atoms with Gasteiger partial charge in [-0.15, -0.1) is 0 Å². The number of anilines is 1. The maximum Gasteiger partial charge on any atom is 0.320 e. The zero-order valence-corrected chi connectivity index (χ0v) is 12.3. The largest absolute Gasteiger partial charge is 0.480 e. The Labute approximate surface area is 124 Å². The summed E-state index contributed by atoms with van der Waals surface area (Å²) in [6.45, 7) is 0. The Bertz CT molecular complexity index is 604. The maximum absolute atomic E-state index is 10.7. The number of nitrogens with two attached hydrogens (primary N) is 1. The van der Waals surface area contributed by atoms with Gasteiger partial charge in [0.2, 0.25) is 0 Å². The molecular formula is C17H20N2O2. The van der Waals surface area contributed by atoms with Gasteiger partial charge < -0.3 is 15.7 Å². The minimum atomic E-state index is -0.974. The van der Waals surface area contributed by atoms with E-state index in [1.807, 2.05) is 38.4 Å². The first-order valence-electron chi connectivity index (χ1n) is 6.82. The van der Waals surface area contributed by atoms with E-state index in [0.717, 1.165) is 22.4 Å². The second-order valence-corrected chi connectivity index (χ2v) is 5.29. The fourth-order valence-corrected chi connectivity index (χ4v) is 2.13. The summed E-state index contributed by atoms with van der Waals surface area (Å²) in [5, 5.41) is 8.82. The molecule has 3 N–H and O–H groups in total. The van der Waals surface area contributed by atoms with E-state index in [1.54, 1.807) is 0 Å². The Hall–Kier alpha value is -2.33.